The highest BCUT2D eigenvalue weighted by Gasteiger charge is 2.19. The van der Waals surface area contributed by atoms with Crippen LogP contribution in [0.4, 0.5) is 5.82 Å². The zero-order valence-electron chi connectivity index (χ0n) is 13.1. The zero-order valence-corrected chi connectivity index (χ0v) is 13.9. The SMILES string of the molecule is CNc1cc(Oc2ccccc2SC)nc(C(C)(C)C)n1. The molecule has 5 heteroatoms. The first-order valence-electron chi connectivity index (χ1n) is 6.82. The molecule has 1 N–H and O–H groups in total. The maximum atomic E-state index is 5.97. The lowest BCUT2D eigenvalue weighted by Gasteiger charge is -2.18. The van der Waals surface area contributed by atoms with Gasteiger partial charge in [0.15, 0.2) is 0 Å². The largest absolute Gasteiger partial charge is 0.438 e. The summed E-state index contributed by atoms with van der Waals surface area (Å²) in [6.07, 6.45) is 2.03. The van der Waals surface area contributed by atoms with Crippen molar-refractivity contribution >= 4 is 17.6 Å². The van der Waals surface area contributed by atoms with Crippen molar-refractivity contribution in [3.63, 3.8) is 0 Å². The average Bonchev–Trinajstić information content (AvgIpc) is 2.46. The third kappa shape index (κ3) is 3.88. The summed E-state index contributed by atoms with van der Waals surface area (Å²) in [7, 11) is 1.84. The topological polar surface area (TPSA) is 47.0 Å². The summed E-state index contributed by atoms with van der Waals surface area (Å²) < 4.78 is 5.97. The number of rotatable bonds is 4. The van der Waals surface area contributed by atoms with Crippen LogP contribution in [-0.2, 0) is 5.41 Å². The molecule has 0 aliphatic rings. The second-order valence-electron chi connectivity index (χ2n) is 5.67. The number of benzene rings is 1. The highest BCUT2D eigenvalue weighted by atomic mass is 32.2. The number of thioether (sulfide) groups is 1. The minimum atomic E-state index is -0.135. The fourth-order valence-corrected chi connectivity index (χ4v) is 2.28. The van der Waals surface area contributed by atoms with Crippen molar-refractivity contribution in [3.05, 3.63) is 36.2 Å². The van der Waals surface area contributed by atoms with Crippen molar-refractivity contribution in [3.8, 4) is 11.6 Å². The molecule has 0 aliphatic carbocycles. The molecular formula is C16H21N3OS. The van der Waals surface area contributed by atoms with Gasteiger partial charge < -0.3 is 10.1 Å². The maximum Gasteiger partial charge on any atom is 0.224 e. The molecule has 0 unspecified atom stereocenters. The Morgan fingerprint density at radius 1 is 1.14 bits per heavy atom. The van der Waals surface area contributed by atoms with E-state index in [-0.39, 0.29) is 5.41 Å². The van der Waals surface area contributed by atoms with Crippen molar-refractivity contribution in [1.29, 1.82) is 0 Å². The van der Waals surface area contributed by atoms with Crippen LogP contribution in [0.15, 0.2) is 35.2 Å². The predicted octanol–water partition coefficient (Wildman–Crippen LogP) is 4.33. The third-order valence-corrected chi connectivity index (χ3v) is 3.69. The summed E-state index contributed by atoms with van der Waals surface area (Å²) in [6, 6.07) is 9.75. The smallest absolute Gasteiger partial charge is 0.224 e. The number of ether oxygens (including phenoxy) is 1. The van der Waals surface area contributed by atoms with Crippen LogP contribution in [0.1, 0.15) is 26.6 Å². The molecule has 0 atom stereocenters. The van der Waals surface area contributed by atoms with E-state index in [4.69, 9.17) is 4.74 Å². The minimum Gasteiger partial charge on any atom is -0.438 e. The van der Waals surface area contributed by atoms with Gasteiger partial charge in [-0.15, -0.1) is 11.8 Å². The summed E-state index contributed by atoms with van der Waals surface area (Å²) in [6.45, 7) is 6.25. The van der Waals surface area contributed by atoms with Crippen LogP contribution < -0.4 is 10.1 Å². The van der Waals surface area contributed by atoms with Crippen molar-refractivity contribution in [1.82, 2.24) is 9.97 Å². The number of nitrogens with one attached hydrogen (secondary N) is 1. The second kappa shape index (κ2) is 6.35. The summed E-state index contributed by atoms with van der Waals surface area (Å²) in [5, 5.41) is 3.06. The summed E-state index contributed by atoms with van der Waals surface area (Å²) >= 11 is 1.65. The minimum absolute atomic E-state index is 0.135. The molecule has 112 valence electrons. The molecule has 0 bridgehead atoms. The fraction of sp³-hybridized carbons (Fsp3) is 0.375. The molecular weight excluding hydrogens is 282 g/mol. The first-order chi connectivity index (χ1) is 9.94. The molecule has 2 rings (SSSR count). The lowest BCUT2D eigenvalue weighted by Crippen LogP contribution is -2.17. The summed E-state index contributed by atoms with van der Waals surface area (Å²) in [5.74, 6) is 2.88. The number of anilines is 1. The highest BCUT2D eigenvalue weighted by molar-refractivity contribution is 7.98. The molecule has 0 radical (unpaired) electrons. The van der Waals surface area contributed by atoms with Gasteiger partial charge >= 0.3 is 0 Å². The van der Waals surface area contributed by atoms with Crippen molar-refractivity contribution in [2.45, 2.75) is 31.1 Å². The van der Waals surface area contributed by atoms with E-state index in [0.717, 1.165) is 22.3 Å². The Labute approximate surface area is 130 Å². The van der Waals surface area contributed by atoms with Crippen LogP contribution in [-0.4, -0.2) is 23.3 Å². The molecule has 1 heterocycles. The van der Waals surface area contributed by atoms with Gasteiger partial charge in [-0.05, 0) is 18.4 Å². The molecule has 2 aromatic rings. The normalized spacial score (nSPS) is 11.3. The van der Waals surface area contributed by atoms with E-state index < -0.39 is 0 Å². The molecule has 4 nitrogen and oxygen atoms in total. The maximum absolute atomic E-state index is 5.97. The van der Waals surface area contributed by atoms with Crippen LogP contribution in [0.2, 0.25) is 0 Å². The van der Waals surface area contributed by atoms with Gasteiger partial charge in [0.2, 0.25) is 5.88 Å². The van der Waals surface area contributed by atoms with Crippen molar-refractivity contribution in [2.75, 3.05) is 18.6 Å². The van der Waals surface area contributed by atoms with E-state index in [1.54, 1.807) is 11.8 Å². The highest BCUT2D eigenvalue weighted by Crippen LogP contribution is 2.32. The van der Waals surface area contributed by atoms with Crippen molar-refractivity contribution < 1.29 is 4.74 Å². The van der Waals surface area contributed by atoms with Gasteiger partial charge in [-0.3, -0.25) is 0 Å². The lowest BCUT2D eigenvalue weighted by molar-refractivity contribution is 0.438. The number of nitrogens with zero attached hydrogens (tertiary/aromatic N) is 2. The number of hydrogen-bond donors (Lipinski definition) is 1. The van der Waals surface area contributed by atoms with E-state index in [1.165, 1.54) is 0 Å². The summed E-state index contributed by atoms with van der Waals surface area (Å²) in [5.41, 5.74) is -0.135. The van der Waals surface area contributed by atoms with Crippen LogP contribution in [0.5, 0.6) is 11.6 Å². The Kier molecular flexibility index (Phi) is 4.73. The van der Waals surface area contributed by atoms with E-state index in [1.807, 2.05) is 43.6 Å². The van der Waals surface area contributed by atoms with Gasteiger partial charge in [0, 0.05) is 23.4 Å². The predicted molar refractivity (Wildman–Crippen MR) is 88.6 cm³/mol. The van der Waals surface area contributed by atoms with Gasteiger partial charge in [-0.1, -0.05) is 32.9 Å². The average molecular weight is 303 g/mol. The number of hydrogen-bond acceptors (Lipinski definition) is 5. The van der Waals surface area contributed by atoms with E-state index in [9.17, 15) is 0 Å². The first kappa shape index (κ1) is 15.6. The number of aromatic nitrogens is 2. The Hall–Kier alpha value is -1.75. The molecule has 1 aromatic heterocycles. The van der Waals surface area contributed by atoms with E-state index in [0.29, 0.717) is 5.88 Å². The zero-order chi connectivity index (χ0) is 15.5. The summed E-state index contributed by atoms with van der Waals surface area (Å²) in [4.78, 5) is 10.1. The monoisotopic (exact) mass is 303 g/mol. The molecule has 1 aromatic carbocycles. The molecule has 0 fully saturated rings. The van der Waals surface area contributed by atoms with Gasteiger partial charge in [0.05, 0.1) is 0 Å². The van der Waals surface area contributed by atoms with Crippen LogP contribution >= 0.6 is 11.8 Å². The Morgan fingerprint density at radius 3 is 2.48 bits per heavy atom. The first-order valence-corrected chi connectivity index (χ1v) is 8.04. The number of para-hydroxylation sites is 1. The standard InChI is InChI=1S/C16H21N3OS/c1-16(2,3)15-18-13(17-4)10-14(19-15)20-11-8-6-7-9-12(11)21-5/h6-10H,1-5H3,(H,17,18,19). The molecule has 0 spiro atoms. The third-order valence-electron chi connectivity index (χ3n) is 2.91. The van der Waals surface area contributed by atoms with Gasteiger partial charge in [-0.2, -0.15) is 4.98 Å². The van der Waals surface area contributed by atoms with Crippen LogP contribution in [0, 0.1) is 0 Å². The molecule has 0 aliphatic heterocycles. The second-order valence-corrected chi connectivity index (χ2v) is 6.52. The lowest BCUT2D eigenvalue weighted by atomic mass is 9.96. The molecule has 0 amide bonds. The Morgan fingerprint density at radius 2 is 1.86 bits per heavy atom. The van der Waals surface area contributed by atoms with E-state index >= 15 is 0 Å². The van der Waals surface area contributed by atoms with Gasteiger partial charge in [0.1, 0.15) is 17.4 Å². The quantitative estimate of drug-likeness (QED) is 0.852. The van der Waals surface area contributed by atoms with Crippen LogP contribution in [0.3, 0.4) is 0 Å². The van der Waals surface area contributed by atoms with Gasteiger partial charge in [-0.25, -0.2) is 4.98 Å². The van der Waals surface area contributed by atoms with E-state index in [2.05, 4.69) is 36.1 Å². The van der Waals surface area contributed by atoms with Crippen molar-refractivity contribution in [2.24, 2.45) is 0 Å². The fourth-order valence-electron chi connectivity index (χ4n) is 1.76. The molecule has 0 saturated heterocycles. The van der Waals surface area contributed by atoms with Gasteiger partial charge in [0.25, 0.3) is 0 Å². The van der Waals surface area contributed by atoms with Crippen LogP contribution in [0.25, 0.3) is 0 Å². The molecule has 0 saturated carbocycles. The Bertz CT molecular complexity index is 623. The Balaban J connectivity index is 2.39. The molecule has 21 heavy (non-hydrogen) atoms.